The number of ether oxygens (including phenoxy) is 1. The van der Waals surface area contributed by atoms with E-state index in [4.69, 9.17) is 10.5 Å². The lowest BCUT2D eigenvalue weighted by Crippen LogP contribution is -2.33. The first-order valence-electron chi connectivity index (χ1n) is 8.63. The van der Waals surface area contributed by atoms with Gasteiger partial charge in [-0.25, -0.2) is 4.99 Å². The number of hydrogen-bond acceptors (Lipinski definition) is 2. The summed E-state index contributed by atoms with van der Waals surface area (Å²) in [7, 11) is 0. The number of nitrogens with two attached hydrogens (primary N) is 1. The number of nitrogens with zero attached hydrogens (tertiary/aromatic N) is 1. The number of guanidine groups is 1. The van der Waals surface area contributed by atoms with E-state index in [0.717, 1.165) is 17.7 Å². The summed E-state index contributed by atoms with van der Waals surface area (Å²) < 4.78 is 5.77. The number of hydrogen-bond donors (Lipinski definition) is 2. The monoisotopic (exact) mass is 449 g/mol. The quantitative estimate of drug-likeness (QED) is 0.424. The van der Waals surface area contributed by atoms with Crippen LogP contribution in [-0.4, -0.2) is 18.1 Å². The molecule has 1 aliphatic heterocycles. The van der Waals surface area contributed by atoms with Crippen LogP contribution in [0.3, 0.4) is 0 Å². The molecule has 1 saturated carbocycles. The first kappa shape index (κ1) is 18.0. The van der Waals surface area contributed by atoms with Gasteiger partial charge < -0.3 is 15.8 Å². The molecule has 3 N–H and O–H groups in total. The van der Waals surface area contributed by atoms with Gasteiger partial charge >= 0.3 is 0 Å². The molecule has 0 spiro atoms. The number of benzene rings is 2. The Labute approximate surface area is 165 Å². The first-order chi connectivity index (χ1) is 11.7. The van der Waals surface area contributed by atoms with Gasteiger partial charge in [-0.15, -0.1) is 24.0 Å². The largest absolute Gasteiger partial charge is 0.490 e. The fourth-order valence-corrected chi connectivity index (χ4v) is 3.06. The Morgan fingerprint density at radius 2 is 1.88 bits per heavy atom. The van der Waals surface area contributed by atoms with Gasteiger partial charge in [-0.05, 0) is 54.2 Å². The number of nitrogens with one attached hydrogen (secondary N) is 1. The molecule has 4 rings (SSSR count). The minimum atomic E-state index is 0. The minimum Gasteiger partial charge on any atom is -0.490 e. The Kier molecular flexibility index (Phi) is 5.51. The Balaban J connectivity index is 0.00000182. The van der Waals surface area contributed by atoms with Gasteiger partial charge in [-0.1, -0.05) is 30.3 Å². The van der Waals surface area contributed by atoms with Crippen molar-refractivity contribution in [2.45, 2.75) is 44.9 Å². The summed E-state index contributed by atoms with van der Waals surface area (Å²) in [6.07, 6.45) is 3.68. The number of rotatable bonds is 4. The number of halogens is 1. The molecule has 1 unspecified atom stereocenters. The average molecular weight is 449 g/mol. The van der Waals surface area contributed by atoms with Crippen molar-refractivity contribution in [2.24, 2.45) is 10.7 Å². The highest BCUT2D eigenvalue weighted by Gasteiger charge is 2.21. The van der Waals surface area contributed by atoms with E-state index in [2.05, 4.69) is 59.7 Å². The van der Waals surface area contributed by atoms with E-state index in [1.807, 2.05) is 0 Å². The summed E-state index contributed by atoms with van der Waals surface area (Å²) >= 11 is 0. The van der Waals surface area contributed by atoms with Crippen molar-refractivity contribution in [3.05, 3.63) is 53.6 Å². The van der Waals surface area contributed by atoms with Gasteiger partial charge in [0.25, 0.3) is 0 Å². The molecule has 5 heteroatoms. The number of aliphatic imine (C=N–C) groups is 1. The molecule has 25 heavy (non-hydrogen) atoms. The fourth-order valence-electron chi connectivity index (χ4n) is 3.06. The molecule has 0 bridgehead atoms. The Morgan fingerprint density at radius 1 is 1.16 bits per heavy atom. The Morgan fingerprint density at radius 3 is 2.60 bits per heavy atom. The van der Waals surface area contributed by atoms with Crippen molar-refractivity contribution in [3.63, 3.8) is 0 Å². The topological polar surface area (TPSA) is 59.6 Å². The van der Waals surface area contributed by atoms with Crippen LogP contribution in [0.5, 0.6) is 5.75 Å². The van der Waals surface area contributed by atoms with E-state index < -0.39 is 0 Å². The van der Waals surface area contributed by atoms with Crippen LogP contribution in [0.4, 0.5) is 0 Å². The van der Waals surface area contributed by atoms with Crippen LogP contribution >= 0.6 is 24.0 Å². The van der Waals surface area contributed by atoms with E-state index in [0.29, 0.717) is 18.5 Å². The third-order valence-corrected chi connectivity index (χ3v) is 4.54. The van der Waals surface area contributed by atoms with Gasteiger partial charge in [-0.2, -0.15) is 0 Å². The summed E-state index contributed by atoms with van der Waals surface area (Å²) in [6, 6.07) is 15.5. The molecule has 1 heterocycles. The predicted molar refractivity (Wildman–Crippen MR) is 113 cm³/mol. The van der Waals surface area contributed by atoms with Crippen molar-refractivity contribution >= 4 is 29.9 Å². The van der Waals surface area contributed by atoms with Crippen LogP contribution < -0.4 is 15.8 Å². The molecule has 0 saturated heterocycles. The maximum atomic E-state index is 5.87. The van der Waals surface area contributed by atoms with Crippen LogP contribution in [0, 0.1) is 0 Å². The zero-order chi connectivity index (χ0) is 16.5. The summed E-state index contributed by atoms with van der Waals surface area (Å²) in [5.74, 6) is 1.57. The van der Waals surface area contributed by atoms with E-state index in [-0.39, 0.29) is 30.1 Å². The first-order valence-corrected chi connectivity index (χ1v) is 8.63. The van der Waals surface area contributed by atoms with Crippen LogP contribution in [0.1, 0.15) is 30.9 Å². The summed E-state index contributed by atoms with van der Waals surface area (Å²) in [6.45, 7) is 2.72. The van der Waals surface area contributed by atoms with Gasteiger partial charge in [0.2, 0.25) is 0 Å². The molecular weight excluding hydrogens is 425 g/mol. The lowest BCUT2D eigenvalue weighted by Gasteiger charge is -2.06. The predicted octanol–water partition coefficient (Wildman–Crippen LogP) is 3.86. The van der Waals surface area contributed by atoms with Crippen molar-refractivity contribution < 1.29 is 4.74 Å². The zero-order valence-electron chi connectivity index (χ0n) is 14.4. The molecule has 4 nitrogen and oxygen atoms in total. The van der Waals surface area contributed by atoms with Crippen molar-refractivity contribution in [3.8, 4) is 16.9 Å². The van der Waals surface area contributed by atoms with Crippen LogP contribution in [-0.2, 0) is 13.0 Å². The molecule has 132 valence electrons. The lowest BCUT2D eigenvalue weighted by atomic mass is 10.00. The molecule has 1 aliphatic carbocycles. The lowest BCUT2D eigenvalue weighted by molar-refractivity contribution is 0.254. The standard InChI is InChI=1S/C20H23N3O.HI/c1-13-10-17-11-16(6-9-19(17)24-13)15-4-2-14(3-5-15)12-22-20(21)23-18-7-8-18;/h2-6,9,11,13,18H,7-8,10,12H2,1H3,(H3,21,22,23);1H. The molecule has 1 fully saturated rings. The second kappa shape index (κ2) is 7.64. The second-order valence-electron chi connectivity index (χ2n) is 6.77. The van der Waals surface area contributed by atoms with Crippen LogP contribution in [0.25, 0.3) is 11.1 Å². The smallest absolute Gasteiger partial charge is 0.189 e. The second-order valence-corrected chi connectivity index (χ2v) is 6.77. The van der Waals surface area contributed by atoms with E-state index >= 15 is 0 Å². The molecule has 0 radical (unpaired) electrons. The fraction of sp³-hybridized carbons (Fsp3) is 0.350. The summed E-state index contributed by atoms with van der Waals surface area (Å²) in [4.78, 5) is 4.40. The highest BCUT2D eigenvalue weighted by molar-refractivity contribution is 14.0. The van der Waals surface area contributed by atoms with Gasteiger partial charge in [0.05, 0.1) is 6.54 Å². The third kappa shape index (κ3) is 4.45. The van der Waals surface area contributed by atoms with Gasteiger partial charge in [-0.3, -0.25) is 0 Å². The molecule has 2 aromatic carbocycles. The molecular formula is C20H24IN3O. The molecule has 2 aliphatic rings. The molecule has 0 amide bonds. The van der Waals surface area contributed by atoms with E-state index in [9.17, 15) is 0 Å². The van der Waals surface area contributed by atoms with Crippen LogP contribution in [0.15, 0.2) is 47.5 Å². The molecule has 1 atom stereocenters. The highest BCUT2D eigenvalue weighted by atomic mass is 127. The van der Waals surface area contributed by atoms with Crippen molar-refractivity contribution in [1.82, 2.24) is 5.32 Å². The zero-order valence-corrected chi connectivity index (χ0v) is 16.7. The van der Waals surface area contributed by atoms with Gasteiger partial charge in [0.1, 0.15) is 11.9 Å². The van der Waals surface area contributed by atoms with E-state index in [1.165, 1.54) is 29.5 Å². The summed E-state index contributed by atoms with van der Waals surface area (Å²) in [5.41, 5.74) is 10.8. The third-order valence-electron chi connectivity index (χ3n) is 4.54. The molecule has 2 aromatic rings. The van der Waals surface area contributed by atoms with Crippen molar-refractivity contribution in [2.75, 3.05) is 0 Å². The SMILES string of the molecule is CC1Cc2cc(-c3ccc(CN=C(N)NC4CC4)cc3)ccc2O1.I. The van der Waals surface area contributed by atoms with Gasteiger partial charge in [0.15, 0.2) is 5.96 Å². The normalized spacial score (nSPS) is 18.9. The van der Waals surface area contributed by atoms with Crippen LogP contribution in [0.2, 0.25) is 0 Å². The Hall–Kier alpha value is -1.76. The summed E-state index contributed by atoms with van der Waals surface area (Å²) in [5, 5.41) is 3.20. The highest BCUT2D eigenvalue weighted by Crippen LogP contribution is 2.32. The number of fused-ring (bicyclic) bond motifs is 1. The van der Waals surface area contributed by atoms with Gasteiger partial charge in [0, 0.05) is 12.5 Å². The maximum Gasteiger partial charge on any atom is 0.189 e. The Bertz CT molecular complexity index is 769. The van der Waals surface area contributed by atoms with E-state index in [1.54, 1.807) is 0 Å². The average Bonchev–Trinajstić information content (AvgIpc) is 3.31. The van der Waals surface area contributed by atoms with Crippen molar-refractivity contribution in [1.29, 1.82) is 0 Å². The maximum absolute atomic E-state index is 5.87. The minimum absolute atomic E-state index is 0. The molecule has 0 aromatic heterocycles.